The summed E-state index contributed by atoms with van der Waals surface area (Å²) in [5.74, 6) is 0.714. The maximum absolute atomic E-state index is 12.5. The van der Waals surface area contributed by atoms with Crippen LogP contribution in [-0.4, -0.2) is 9.55 Å². The third-order valence-corrected chi connectivity index (χ3v) is 3.50. The molecule has 2 aromatic heterocycles. The van der Waals surface area contributed by atoms with Gasteiger partial charge in [-0.25, -0.2) is 4.79 Å². The number of nitrogens with zero attached hydrogens (tertiary/aromatic N) is 1. The highest BCUT2D eigenvalue weighted by atomic mass is 16.3. The van der Waals surface area contributed by atoms with Crippen LogP contribution in [0.2, 0.25) is 0 Å². The highest BCUT2D eigenvalue weighted by Gasteiger charge is 2.18. The van der Waals surface area contributed by atoms with Crippen molar-refractivity contribution in [1.29, 1.82) is 0 Å². The number of aromatic nitrogens is 2. The van der Waals surface area contributed by atoms with Crippen LogP contribution in [0.15, 0.2) is 32.2 Å². The Morgan fingerprint density at radius 1 is 1.35 bits per heavy atom. The van der Waals surface area contributed by atoms with Gasteiger partial charge in [0.1, 0.15) is 11.1 Å². The van der Waals surface area contributed by atoms with E-state index in [0.717, 1.165) is 18.4 Å². The van der Waals surface area contributed by atoms with Crippen molar-refractivity contribution in [3.05, 3.63) is 50.4 Å². The van der Waals surface area contributed by atoms with Crippen molar-refractivity contribution < 1.29 is 4.42 Å². The first-order valence-corrected chi connectivity index (χ1v) is 6.84. The molecule has 20 heavy (non-hydrogen) atoms. The predicted octanol–water partition coefficient (Wildman–Crippen LogP) is 2.21. The first kappa shape index (κ1) is 12.7. The summed E-state index contributed by atoms with van der Waals surface area (Å²) in [7, 11) is 0. The summed E-state index contributed by atoms with van der Waals surface area (Å²) in [6.45, 7) is 2.46. The Labute approximate surface area is 115 Å². The Balaban J connectivity index is 2.28. The van der Waals surface area contributed by atoms with E-state index in [4.69, 9.17) is 4.42 Å². The zero-order valence-electron chi connectivity index (χ0n) is 11.3. The number of hydrogen-bond donors (Lipinski definition) is 1. The van der Waals surface area contributed by atoms with E-state index in [9.17, 15) is 9.59 Å². The number of fused-ring (bicyclic) bond motifs is 3. The Bertz CT molecular complexity index is 818. The third-order valence-electron chi connectivity index (χ3n) is 3.50. The molecule has 0 fully saturated rings. The molecule has 0 amide bonds. The molecular formula is C15H16N2O3. The Kier molecular flexibility index (Phi) is 3.18. The average molecular weight is 272 g/mol. The number of H-pyrrole nitrogens is 1. The monoisotopic (exact) mass is 272 g/mol. The van der Waals surface area contributed by atoms with E-state index < -0.39 is 5.69 Å². The average Bonchev–Trinajstić information content (AvgIpc) is 2.61. The van der Waals surface area contributed by atoms with Crippen molar-refractivity contribution in [2.24, 2.45) is 0 Å². The minimum absolute atomic E-state index is 0.270. The van der Waals surface area contributed by atoms with Gasteiger partial charge < -0.3 is 4.42 Å². The summed E-state index contributed by atoms with van der Waals surface area (Å²) in [6.07, 6.45) is 9.95. The van der Waals surface area contributed by atoms with Crippen molar-refractivity contribution in [2.75, 3.05) is 0 Å². The lowest BCUT2D eigenvalue weighted by Crippen LogP contribution is -2.34. The van der Waals surface area contributed by atoms with Crippen molar-refractivity contribution in [3.63, 3.8) is 0 Å². The number of rotatable bonds is 3. The van der Waals surface area contributed by atoms with Crippen LogP contribution in [0, 0.1) is 0 Å². The molecule has 0 spiro atoms. The number of aromatic amines is 1. The lowest BCUT2D eigenvalue weighted by atomic mass is 10.1. The molecule has 2 aromatic rings. The fourth-order valence-corrected chi connectivity index (χ4v) is 2.44. The third kappa shape index (κ3) is 1.95. The van der Waals surface area contributed by atoms with Crippen LogP contribution in [0.3, 0.4) is 0 Å². The van der Waals surface area contributed by atoms with E-state index in [1.807, 2.05) is 31.2 Å². The summed E-state index contributed by atoms with van der Waals surface area (Å²) in [5, 5.41) is 0.468. The molecule has 0 saturated carbocycles. The number of allylic oxidation sites excluding steroid dienone is 3. The molecular weight excluding hydrogens is 256 g/mol. The maximum atomic E-state index is 12.5. The normalized spacial score (nSPS) is 13.7. The van der Waals surface area contributed by atoms with Gasteiger partial charge in [-0.1, -0.05) is 37.6 Å². The van der Waals surface area contributed by atoms with Gasteiger partial charge in [0.15, 0.2) is 0 Å². The van der Waals surface area contributed by atoms with Crippen molar-refractivity contribution >= 4 is 17.2 Å². The highest BCUT2D eigenvalue weighted by molar-refractivity contribution is 5.86. The molecule has 0 radical (unpaired) electrons. The molecule has 5 nitrogen and oxygen atoms in total. The minimum Gasteiger partial charge on any atom is -0.443 e. The standard InChI is InChI=1S/C15H16N2O3/c1-2-3-9-17-14(18)12-10-7-5-4-6-8-11(10)20-13(12)16-15(17)19/h4-7H,2-3,8-9H2,1H3,(H,16,19). The summed E-state index contributed by atoms with van der Waals surface area (Å²) in [6, 6.07) is 0. The zero-order valence-corrected chi connectivity index (χ0v) is 11.3. The molecule has 1 N–H and O–H groups in total. The molecule has 0 unspecified atom stereocenters. The quantitative estimate of drug-likeness (QED) is 0.931. The van der Waals surface area contributed by atoms with Gasteiger partial charge in [-0.2, -0.15) is 0 Å². The zero-order chi connectivity index (χ0) is 14.1. The lowest BCUT2D eigenvalue weighted by molar-refractivity contribution is 0.541. The molecule has 1 aliphatic rings. The van der Waals surface area contributed by atoms with Crippen molar-refractivity contribution in [1.82, 2.24) is 9.55 Å². The van der Waals surface area contributed by atoms with Gasteiger partial charge in [0.25, 0.3) is 5.56 Å². The van der Waals surface area contributed by atoms with Crippen molar-refractivity contribution in [2.45, 2.75) is 32.7 Å². The van der Waals surface area contributed by atoms with Gasteiger partial charge >= 0.3 is 5.69 Å². The van der Waals surface area contributed by atoms with E-state index >= 15 is 0 Å². The molecule has 1 aliphatic carbocycles. The van der Waals surface area contributed by atoms with Crippen LogP contribution in [0.25, 0.3) is 17.2 Å². The van der Waals surface area contributed by atoms with Crippen LogP contribution in [0.5, 0.6) is 0 Å². The molecule has 0 bridgehead atoms. The van der Waals surface area contributed by atoms with Crippen LogP contribution in [-0.2, 0) is 13.0 Å². The highest BCUT2D eigenvalue weighted by Crippen LogP contribution is 2.24. The van der Waals surface area contributed by atoms with Crippen LogP contribution in [0.1, 0.15) is 31.1 Å². The molecule has 0 aromatic carbocycles. The molecule has 0 saturated heterocycles. The van der Waals surface area contributed by atoms with Gasteiger partial charge in [-0.3, -0.25) is 14.3 Å². The Morgan fingerprint density at radius 2 is 2.20 bits per heavy atom. The largest absolute Gasteiger partial charge is 0.443 e. The SMILES string of the molecule is CCCCn1c(=O)[nH]c2oc3c(c2c1=O)C=CC=CC3. The fraction of sp³-hybridized carbons (Fsp3) is 0.333. The smallest absolute Gasteiger partial charge is 0.331 e. The number of unbranched alkanes of at least 4 members (excludes halogenated alkanes) is 1. The van der Waals surface area contributed by atoms with E-state index in [2.05, 4.69) is 4.98 Å². The van der Waals surface area contributed by atoms with Gasteiger partial charge in [0.2, 0.25) is 5.71 Å². The molecule has 104 valence electrons. The molecule has 3 rings (SSSR count). The summed E-state index contributed by atoms with van der Waals surface area (Å²) < 4.78 is 6.88. The van der Waals surface area contributed by atoms with Crippen molar-refractivity contribution in [3.8, 4) is 0 Å². The number of furan rings is 1. The molecule has 2 heterocycles. The first-order valence-electron chi connectivity index (χ1n) is 6.84. The lowest BCUT2D eigenvalue weighted by Gasteiger charge is -2.02. The van der Waals surface area contributed by atoms with E-state index in [1.165, 1.54) is 4.57 Å². The second-order valence-electron chi connectivity index (χ2n) is 4.87. The first-order chi connectivity index (χ1) is 9.72. The molecule has 5 heteroatoms. The van der Waals surface area contributed by atoms with Crippen LogP contribution < -0.4 is 11.2 Å². The van der Waals surface area contributed by atoms with Gasteiger partial charge in [0.05, 0.1) is 0 Å². The number of nitrogens with one attached hydrogen (secondary N) is 1. The van der Waals surface area contributed by atoms with E-state index in [-0.39, 0.29) is 11.3 Å². The Hall–Kier alpha value is -2.30. The Morgan fingerprint density at radius 3 is 3.00 bits per heavy atom. The fourth-order valence-electron chi connectivity index (χ4n) is 2.44. The molecule has 0 atom stereocenters. The summed E-state index contributed by atoms with van der Waals surface area (Å²) >= 11 is 0. The van der Waals surface area contributed by atoms with Crippen LogP contribution >= 0.6 is 0 Å². The second kappa shape index (κ2) is 5.00. The van der Waals surface area contributed by atoms with Gasteiger partial charge in [-0.05, 0) is 6.42 Å². The minimum atomic E-state index is -0.403. The molecule has 0 aliphatic heterocycles. The summed E-state index contributed by atoms with van der Waals surface area (Å²) in [4.78, 5) is 27.2. The van der Waals surface area contributed by atoms with E-state index in [0.29, 0.717) is 24.1 Å². The van der Waals surface area contributed by atoms with Gasteiger partial charge in [-0.15, -0.1) is 0 Å². The van der Waals surface area contributed by atoms with Gasteiger partial charge in [0, 0.05) is 18.5 Å². The topological polar surface area (TPSA) is 68.0 Å². The van der Waals surface area contributed by atoms with E-state index in [1.54, 1.807) is 0 Å². The predicted molar refractivity (Wildman–Crippen MR) is 77.9 cm³/mol. The second-order valence-corrected chi connectivity index (χ2v) is 4.87. The maximum Gasteiger partial charge on any atom is 0.331 e. The summed E-state index contributed by atoms with van der Waals surface area (Å²) in [5.41, 5.74) is 0.377. The number of hydrogen-bond acceptors (Lipinski definition) is 3. The van der Waals surface area contributed by atoms with Crippen LogP contribution in [0.4, 0.5) is 0 Å².